The van der Waals surface area contributed by atoms with Gasteiger partial charge in [-0.25, -0.2) is 0 Å². The van der Waals surface area contributed by atoms with Gasteiger partial charge in [0.15, 0.2) is 0 Å². The number of rotatable bonds is 8. The van der Waals surface area contributed by atoms with E-state index in [1.165, 1.54) is 89.3 Å². The molecule has 1 aliphatic heterocycles. The van der Waals surface area contributed by atoms with Gasteiger partial charge in [0.25, 0.3) is 0 Å². The number of para-hydroxylation sites is 3. The van der Waals surface area contributed by atoms with Crippen molar-refractivity contribution in [2.75, 3.05) is 4.90 Å². The minimum Gasteiger partial charge on any atom is -0.310 e. The van der Waals surface area contributed by atoms with Crippen LogP contribution in [0.25, 0.3) is 44.5 Å². The highest BCUT2D eigenvalue weighted by Crippen LogP contribution is 2.64. The number of benzene rings is 10. The van der Waals surface area contributed by atoms with Crippen LogP contribution in [0.4, 0.5) is 17.1 Å². The van der Waals surface area contributed by atoms with Crippen molar-refractivity contribution in [1.82, 2.24) is 0 Å². The predicted octanol–water partition coefficient (Wildman–Crippen LogP) is 16.3. The molecule has 67 heavy (non-hydrogen) atoms. The average Bonchev–Trinajstić information content (AvgIpc) is 4.09. The first-order valence-corrected chi connectivity index (χ1v) is 23.4. The van der Waals surface area contributed by atoms with Crippen molar-refractivity contribution < 1.29 is 0 Å². The number of hydrogen-bond donors (Lipinski definition) is 0. The summed E-state index contributed by atoms with van der Waals surface area (Å²) in [6.45, 7) is 0. The molecule has 2 aliphatic carbocycles. The van der Waals surface area contributed by atoms with E-state index in [1.54, 1.807) is 0 Å². The lowest BCUT2D eigenvalue weighted by atomic mass is 9.64. The second-order valence-corrected chi connectivity index (χ2v) is 18.3. The van der Waals surface area contributed by atoms with Crippen LogP contribution in [0.5, 0.6) is 0 Å². The zero-order valence-electron chi connectivity index (χ0n) is 37.0. The Hall–Kier alpha value is -8.33. The minimum atomic E-state index is -0.509. The number of fused-ring (bicyclic) bond motifs is 9. The smallest absolute Gasteiger partial charge is 0.0932 e. The topological polar surface area (TPSA) is 15.6 Å². The Kier molecular flexibility index (Phi) is 9.15. The third-order valence-corrected chi connectivity index (χ3v) is 14.6. The first-order valence-electron chi connectivity index (χ1n) is 23.4. The first kappa shape index (κ1) is 39.1. The normalized spacial score (nSPS) is 17.1. The molecule has 1 saturated carbocycles. The highest BCUT2D eigenvalue weighted by molar-refractivity contribution is 5.96. The third-order valence-electron chi connectivity index (χ3n) is 14.6. The van der Waals surface area contributed by atoms with Crippen LogP contribution in [0.2, 0.25) is 0 Å². The lowest BCUT2D eigenvalue weighted by Gasteiger charge is -2.45. The maximum atomic E-state index is 5.49. The van der Waals surface area contributed by atoms with Crippen molar-refractivity contribution in [1.29, 1.82) is 0 Å². The zero-order valence-corrected chi connectivity index (χ0v) is 37.0. The number of hydrogen-bond acceptors (Lipinski definition) is 2. The molecular weight excluding hydrogens is 809 g/mol. The largest absolute Gasteiger partial charge is 0.310 e. The number of anilines is 3. The summed E-state index contributed by atoms with van der Waals surface area (Å²) in [5.41, 5.74) is 21.4. The standard InChI is InChI=1S/C65H46N2/c1-4-18-46(19-5-1)47-36-34-45(35-37-47)44-66-64(43-61(64)48-20-6-2-7-21-48)53-25-17-24-51(41-53)49-22-16-23-50(40-49)52-38-39-56-55-28-10-11-29-57(55)65(60(56)42-52)58-30-12-14-32-62(58)67(54-26-8-3-9-27-54)63-33-15-13-31-59(63)65/h1-42,44,61H,43H2/t61?,64-/m0/s1. The fraction of sp³-hybridized carbons (Fsp3) is 0.0615. The molecule has 2 heteroatoms. The van der Waals surface area contributed by atoms with Gasteiger partial charge in [-0.3, -0.25) is 4.99 Å². The fourth-order valence-corrected chi connectivity index (χ4v) is 11.4. The van der Waals surface area contributed by atoms with E-state index in [2.05, 4.69) is 266 Å². The van der Waals surface area contributed by atoms with Crippen molar-refractivity contribution in [2.45, 2.75) is 23.3 Å². The molecule has 0 saturated heterocycles. The van der Waals surface area contributed by atoms with Crippen LogP contribution in [0.3, 0.4) is 0 Å². The molecule has 316 valence electrons. The second kappa shape index (κ2) is 15.7. The second-order valence-electron chi connectivity index (χ2n) is 18.3. The van der Waals surface area contributed by atoms with E-state index in [-0.39, 0.29) is 5.54 Å². The average molecular weight is 855 g/mol. The van der Waals surface area contributed by atoms with Gasteiger partial charge in [-0.05, 0) is 132 Å². The summed E-state index contributed by atoms with van der Waals surface area (Å²) in [4.78, 5) is 7.93. The third kappa shape index (κ3) is 6.28. The highest BCUT2D eigenvalue weighted by Gasteiger charge is 2.56. The SMILES string of the molecule is C(=N[C@]1(c2cccc(-c3cccc(-c4ccc5c(c4)C4(c6ccccc6-5)c5ccccc5N(c5ccccc5)c5ccccc54)c3)c2)CC1c1ccccc1)c1ccc(-c2ccccc2)cc1. The molecule has 0 aromatic heterocycles. The Morgan fingerprint density at radius 3 is 1.60 bits per heavy atom. The van der Waals surface area contributed by atoms with E-state index in [4.69, 9.17) is 4.99 Å². The van der Waals surface area contributed by atoms with Crippen LogP contribution in [-0.4, -0.2) is 6.21 Å². The van der Waals surface area contributed by atoms with Crippen molar-refractivity contribution >= 4 is 23.3 Å². The van der Waals surface area contributed by atoms with E-state index in [1.807, 2.05) is 0 Å². The monoisotopic (exact) mass is 854 g/mol. The lowest BCUT2D eigenvalue weighted by Crippen LogP contribution is -2.36. The van der Waals surface area contributed by atoms with Crippen LogP contribution in [0, 0.1) is 0 Å². The summed E-state index contributed by atoms with van der Waals surface area (Å²) in [6.07, 6.45) is 3.06. The van der Waals surface area contributed by atoms with Crippen LogP contribution in [0.15, 0.2) is 260 Å². The van der Waals surface area contributed by atoms with E-state index < -0.39 is 5.41 Å². The molecule has 2 nitrogen and oxygen atoms in total. The van der Waals surface area contributed by atoms with Gasteiger partial charge < -0.3 is 4.90 Å². The Balaban J connectivity index is 0.897. The molecule has 10 aromatic carbocycles. The Morgan fingerprint density at radius 1 is 0.388 bits per heavy atom. The van der Waals surface area contributed by atoms with Gasteiger partial charge in [0.1, 0.15) is 0 Å². The van der Waals surface area contributed by atoms with E-state index >= 15 is 0 Å². The summed E-state index contributed by atoms with van der Waals surface area (Å²) in [5, 5.41) is 0. The van der Waals surface area contributed by atoms with Crippen molar-refractivity contribution in [3.63, 3.8) is 0 Å². The summed E-state index contributed by atoms with van der Waals surface area (Å²) >= 11 is 0. The molecule has 13 rings (SSSR count). The summed E-state index contributed by atoms with van der Waals surface area (Å²) in [7, 11) is 0. The molecule has 0 N–H and O–H groups in total. The minimum absolute atomic E-state index is 0.299. The molecule has 1 fully saturated rings. The van der Waals surface area contributed by atoms with Crippen molar-refractivity contribution in [3.05, 3.63) is 294 Å². The summed E-state index contributed by atoms with van der Waals surface area (Å²) < 4.78 is 0. The highest BCUT2D eigenvalue weighted by atomic mass is 15.2. The maximum absolute atomic E-state index is 5.49. The van der Waals surface area contributed by atoms with Gasteiger partial charge in [-0.2, -0.15) is 0 Å². The number of aliphatic imine (C=N–C) groups is 1. The molecule has 1 unspecified atom stereocenters. The Morgan fingerprint density at radius 2 is 0.896 bits per heavy atom. The molecule has 0 amide bonds. The van der Waals surface area contributed by atoms with Gasteiger partial charge in [0.05, 0.1) is 22.3 Å². The molecular formula is C65H46N2. The van der Waals surface area contributed by atoms with Crippen LogP contribution in [0.1, 0.15) is 51.3 Å². The molecule has 1 spiro atoms. The zero-order chi connectivity index (χ0) is 44.4. The van der Waals surface area contributed by atoms with Gasteiger partial charge in [0.2, 0.25) is 0 Å². The summed E-state index contributed by atoms with van der Waals surface area (Å²) in [5.74, 6) is 0.299. The van der Waals surface area contributed by atoms with Gasteiger partial charge in [0, 0.05) is 17.8 Å². The molecule has 1 heterocycles. The van der Waals surface area contributed by atoms with E-state index in [0.29, 0.717) is 5.92 Å². The maximum Gasteiger partial charge on any atom is 0.0932 e. The van der Waals surface area contributed by atoms with Crippen molar-refractivity contribution in [2.24, 2.45) is 4.99 Å². The molecule has 2 atom stereocenters. The number of nitrogens with zero attached hydrogens (tertiary/aromatic N) is 2. The molecule has 3 aliphatic rings. The van der Waals surface area contributed by atoms with Crippen LogP contribution in [-0.2, 0) is 11.0 Å². The van der Waals surface area contributed by atoms with E-state index in [0.717, 1.165) is 17.7 Å². The lowest BCUT2D eigenvalue weighted by molar-refractivity contribution is 0.713. The van der Waals surface area contributed by atoms with Crippen LogP contribution < -0.4 is 4.90 Å². The Labute approximate surface area is 392 Å². The summed E-state index contributed by atoms with van der Waals surface area (Å²) in [6, 6.07) is 93.6. The fourth-order valence-electron chi connectivity index (χ4n) is 11.4. The first-order chi connectivity index (χ1) is 33.2. The predicted molar refractivity (Wildman–Crippen MR) is 278 cm³/mol. The van der Waals surface area contributed by atoms with Crippen molar-refractivity contribution in [3.8, 4) is 44.5 Å². The quantitative estimate of drug-likeness (QED) is 0.139. The van der Waals surface area contributed by atoms with Gasteiger partial charge in [-0.15, -0.1) is 0 Å². The van der Waals surface area contributed by atoms with Gasteiger partial charge >= 0.3 is 0 Å². The molecule has 0 bridgehead atoms. The van der Waals surface area contributed by atoms with Crippen LogP contribution >= 0.6 is 0 Å². The molecule has 10 aromatic rings. The molecule has 0 radical (unpaired) electrons. The van der Waals surface area contributed by atoms with Gasteiger partial charge in [-0.1, -0.05) is 212 Å². The van der Waals surface area contributed by atoms with E-state index in [9.17, 15) is 0 Å². The Bertz CT molecular complexity index is 3450.